The van der Waals surface area contributed by atoms with E-state index in [2.05, 4.69) is 54.9 Å². The molecule has 6 aromatic rings. The lowest BCUT2D eigenvalue weighted by atomic mass is 9.99. The molecule has 0 saturated carbocycles. The summed E-state index contributed by atoms with van der Waals surface area (Å²) in [4.78, 5) is 26.5. The molecule has 2 aromatic heterocycles. The van der Waals surface area contributed by atoms with Crippen LogP contribution in [0.25, 0.3) is 33.6 Å². The Morgan fingerprint density at radius 3 is 2.10 bits per heavy atom. The minimum Gasteiger partial charge on any atom is -0.492 e. The molecular weight excluding hydrogens is 626 g/mol. The molecule has 2 amide bonds. The number of rotatable bonds is 12. The van der Waals surface area contributed by atoms with Gasteiger partial charge in [0.15, 0.2) is 0 Å². The first-order valence-electron chi connectivity index (χ1n) is 17.0. The zero-order valence-electron chi connectivity index (χ0n) is 28.1. The largest absolute Gasteiger partial charge is 0.492 e. The number of carbonyl (C=O) groups excluding carboxylic acids is 1. The van der Waals surface area contributed by atoms with E-state index in [-0.39, 0.29) is 6.03 Å². The molecule has 0 unspecified atom stereocenters. The molecule has 3 heterocycles. The summed E-state index contributed by atoms with van der Waals surface area (Å²) in [6.07, 6.45) is 2.29. The fourth-order valence-electron chi connectivity index (χ4n) is 6.11. The molecule has 0 spiro atoms. The van der Waals surface area contributed by atoms with E-state index in [4.69, 9.17) is 9.15 Å². The number of aromatic nitrogens is 2. The Bertz CT molecular complexity index is 1990. The first-order chi connectivity index (χ1) is 24.6. The fourth-order valence-corrected chi connectivity index (χ4v) is 6.11. The van der Waals surface area contributed by atoms with Crippen LogP contribution in [-0.2, 0) is 6.42 Å². The van der Waals surface area contributed by atoms with E-state index in [1.165, 1.54) is 6.33 Å². The van der Waals surface area contributed by atoms with E-state index in [1.54, 1.807) is 0 Å². The number of amides is 2. The number of nitrogens with one attached hydrogen (secondary N) is 3. The third-order valence-electron chi connectivity index (χ3n) is 8.89. The Kier molecular flexibility index (Phi) is 10.3. The summed E-state index contributed by atoms with van der Waals surface area (Å²) in [5.74, 6) is 2.28. The lowest BCUT2D eigenvalue weighted by Gasteiger charge is -2.32. The maximum Gasteiger partial charge on any atom is 0.323 e. The van der Waals surface area contributed by atoms with Crippen LogP contribution in [0.4, 0.5) is 22.0 Å². The standard InChI is InChI=1S/C40H41N7O3/c1-46-22-24-47(25-23-46)26-27-49-34-18-16-33(17-19-34)45-40(48)44-32-14-12-29(13-15-32)20-21-41-38-36-35(30-8-4-2-5-9-30)37(31-10-6-3-7-11-31)50-39(36)43-28-42-38/h2-19,28H,20-27H2,1H3,(H,41,42,43)(H2,44,45,48). The maximum atomic E-state index is 12.7. The van der Waals surface area contributed by atoms with E-state index in [9.17, 15) is 4.79 Å². The second kappa shape index (κ2) is 15.7. The first-order valence-corrected chi connectivity index (χ1v) is 17.0. The van der Waals surface area contributed by atoms with E-state index < -0.39 is 0 Å². The first kappa shape index (κ1) is 32.8. The number of hydrogen-bond donors (Lipinski definition) is 3. The molecule has 1 fully saturated rings. The van der Waals surface area contributed by atoms with Crippen molar-refractivity contribution in [3.05, 3.63) is 121 Å². The van der Waals surface area contributed by atoms with Gasteiger partial charge in [0.25, 0.3) is 0 Å². The van der Waals surface area contributed by atoms with Gasteiger partial charge in [-0.1, -0.05) is 72.8 Å². The van der Waals surface area contributed by atoms with Crippen LogP contribution in [0.1, 0.15) is 5.56 Å². The van der Waals surface area contributed by atoms with Crippen molar-refractivity contribution in [2.75, 3.05) is 68.9 Å². The lowest BCUT2D eigenvalue weighted by Crippen LogP contribution is -2.45. The highest BCUT2D eigenvalue weighted by Gasteiger charge is 2.22. The molecule has 1 aliphatic rings. The van der Waals surface area contributed by atoms with E-state index >= 15 is 0 Å². The van der Waals surface area contributed by atoms with Crippen molar-refractivity contribution in [3.63, 3.8) is 0 Å². The van der Waals surface area contributed by atoms with Gasteiger partial charge in [-0.25, -0.2) is 14.8 Å². The lowest BCUT2D eigenvalue weighted by molar-refractivity contribution is 0.134. The van der Waals surface area contributed by atoms with Crippen molar-refractivity contribution in [2.45, 2.75) is 6.42 Å². The van der Waals surface area contributed by atoms with Gasteiger partial charge in [-0.3, -0.25) is 4.90 Å². The van der Waals surface area contributed by atoms with Crippen LogP contribution >= 0.6 is 0 Å². The smallest absolute Gasteiger partial charge is 0.323 e. The maximum absolute atomic E-state index is 12.7. The number of furan rings is 1. The van der Waals surface area contributed by atoms with Gasteiger partial charge < -0.3 is 30.0 Å². The Morgan fingerprint density at radius 1 is 0.780 bits per heavy atom. The molecule has 3 N–H and O–H groups in total. The van der Waals surface area contributed by atoms with Crippen LogP contribution in [0, 0.1) is 0 Å². The van der Waals surface area contributed by atoms with Crippen LogP contribution in [-0.4, -0.2) is 78.7 Å². The number of piperazine rings is 1. The normalized spacial score (nSPS) is 13.6. The number of carbonyl (C=O) groups is 1. The zero-order chi connectivity index (χ0) is 34.1. The highest BCUT2D eigenvalue weighted by molar-refractivity contribution is 6.05. The molecule has 10 heteroatoms. The number of fused-ring (bicyclic) bond motifs is 1. The molecular formula is C40H41N7O3. The van der Waals surface area contributed by atoms with Gasteiger partial charge in [0.05, 0.1) is 5.39 Å². The summed E-state index contributed by atoms with van der Waals surface area (Å²) in [6, 6.07) is 35.3. The number of nitrogens with zero attached hydrogens (tertiary/aromatic N) is 4. The number of likely N-dealkylation sites (N-methyl/N-ethyl adjacent to an activating group) is 1. The van der Waals surface area contributed by atoms with Gasteiger partial charge in [0, 0.05) is 61.8 Å². The summed E-state index contributed by atoms with van der Waals surface area (Å²) < 4.78 is 12.2. The van der Waals surface area contributed by atoms with E-state index in [1.807, 2.05) is 97.1 Å². The number of ether oxygens (including phenoxy) is 1. The van der Waals surface area contributed by atoms with Gasteiger partial charge in [0.1, 0.15) is 30.3 Å². The van der Waals surface area contributed by atoms with Gasteiger partial charge in [0.2, 0.25) is 5.71 Å². The molecule has 1 aliphatic heterocycles. The molecule has 7 rings (SSSR count). The van der Waals surface area contributed by atoms with Crippen LogP contribution in [0.15, 0.2) is 120 Å². The van der Waals surface area contributed by atoms with Crippen LogP contribution < -0.4 is 20.7 Å². The average molecular weight is 668 g/mol. The number of hydrogen-bond acceptors (Lipinski definition) is 8. The summed E-state index contributed by atoms with van der Waals surface area (Å²) in [5, 5.41) is 10.2. The molecule has 4 aromatic carbocycles. The van der Waals surface area contributed by atoms with Gasteiger partial charge in [-0.2, -0.15) is 0 Å². The summed E-state index contributed by atoms with van der Waals surface area (Å²) in [5.41, 5.74) is 6.04. The van der Waals surface area contributed by atoms with Gasteiger partial charge >= 0.3 is 6.03 Å². The van der Waals surface area contributed by atoms with Crippen molar-refractivity contribution >= 4 is 34.3 Å². The van der Waals surface area contributed by atoms with E-state index in [0.717, 1.165) is 84.1 Å². The van der Waals surface area contributed by atoms with E-state index in [0.29, 0.717) is 30.2 Å². The van der Waals surface area contributed by atoms with Crippen molar-refractivity contribution < 1.29 is 13.9 Å². The Labute approximate surface area is 292 Å². The highest BCUT2D eigenvalue weighted by atomic mass is 16.5. The molecule has 0 atom stereocenters. The average Bonchev–Trinajstić information content (AvgIpc) is 3.55. The minimum atomic E-state index is -0.305. The number of anilines is 3. The zero-order valence-corrected chi connectivity index (χ0v) is 28.1. The molecule has 10 nitrogen and oxygen atoms in total. The van der Waals surface area contributed by atoms with Gasteiger partial charge in [-0.05, 0) is 61.0 Å². The predicted octanol–water partition coefficient (Wildman–Crippen LogP) is 7.48. The number of benzene rings is 4. The monoisotopic (exact) mass is 667 g/mol. The van der Waals surface area contributed by atoms with Crippen molar-refractivity contribution in [1.29, 1.82) is 0 Å². The minimum absolute atomic E-state index is 0.305. The predicted molar refractivity (Wildman–Crippen MR) is 200 cm³/mol. The second-order valence-corrected chi connectivity index (χ2v) is 12.4. The third kappa shape index (κ3) is 8.11. The van der Waals surface area contributed by atoms with Crippen molar-refractivity contribution in [1.82, 2.24) is 19.8 Å². The molecule has 254 valence electrons. The summed E-state index contributed by atoms with van der Waals surface area (Å²) >= 11 is 0. The molecule has 1 saturated heterocycles. The van der Waals surface area contributed by atoms with Crippen molar-refractivity contribution in [3.8, 4) is 28.2 Å². The van der Waals surface area contributed by atoms with Crippen LogP contribution in [0.2, 0.25) is 0 Å². The Balaban J connectivity index is 0.921. The Hall–Kier alpha value is -5.71. The van der Waals surface area contributed by atoms with Crippen molar-refractivity contribution in [2.24, 2.45) is 0 Å². The molecule has 50 heavy (non-hydrogen) atoms. The fraction of sp³-hybridized carbons (Fsp3) is 0.225. The second-order valence-electron chi connectivity index (χ2n) is 12.4. The highest BCUT2D eigenvalue weighted by Crippen LogP contribution is 2.42. The van der Waals surface area contributed by atoms with Gasteiger partial charge in [-0.15, -0.1) is 0 Å². The summed E-state index contributed by atoms with van der Waals surface area (Å²) in [7, 11) is 2.16. The Morgan fingerprint density at radius 2 is 1.42 bits per heavy atom. The third-order valence-corrected chi connectivity index (χ3v) is 8.89. The topological polar surface area (TPSA) is 108 Å². The SMILES string of the molecule is CN1CCN(CCOc2ccc(NC(=O)Nc3ccc(CCNc4ncnc5oc(-c6ccccc6)c(-c6ccccc6)c45)cc3)cc2)CC1. The molecule has 0 aliphatic carbocycles. The van der Waals surface area contributed by atoms with Crippen LogP contribution in [0.3, 0.4) is 0 Å². The van der Waals surface area contributed by atoms with Crippen LogP contribution in [0.5, 0.6) is 5.75 Å². The molecule has 0 bridgehead atoms. The number of urea groups is 1. The quantitative estimate of drug-likeness (QED) is 0.123. The summed E-state index contributed by atoms with van der Waals surface area (Å²) in [6.45, 7) is 6.54. The molecule has 0 radical (unpaired) electrons.